The third kappa shape index (κ3) is 2.87. The van der Waals surface area contributed by atoms with Gasteiger partial charge in [-0.05, 0) is 35.9 Å². The van der Waals surface area contributed by atoms with Gasteiger partial charge in [-0.2, -0.15) is 0 Å². The van der Waals surface area contributed by atoms with E-state index in [9.17, 15) is 4.79 Å². The fourth-order valence-electron chi connectivity index (χ4n) is 1.79. The number of carbonyl (C=O) groups is 1. The minimum atomic E-state index is 0.0696. The fraction of sp³-hybridized carbons (Fsp3) is 0.267. The molecule has 0 heterocycles. The van der Waals surface area contributed by atoms with Gasteiger partial charge in [0.05, 0.1) is 6.61 Å². The summed E-state index contributed by atoms with van der Waals surface area (Å²) in [5.74, 6) is 0.853. The van der Waals surface area contributed by atoms with Crippen LogP contribution >= 0.6 is 0 Å². The Morgan fingerprint density at radius 2 is 1.89 bits per heavy atom. The molecule has 0 unspecified atom stereocenters. The molecular weight excluding hydrogens is 228 g/mol. The van der Waals surface area contributed by atoms with E-state index in [4.69, 9.17) is 9.84 Å². The molecule has 3 nitrogen and oxygen atoms in total. The van der Waals surface area contributed by atoms with Crippen molar-refractivity contribution in [1.29, 1.82) is 0 Å². The van der Waals surface area contributed by atoms with E-state index in [1.165, 1.54) is 0 Å². The molecule has 0 aliphatic carbocycles. The van der Waals surface area contributed by atoms with Crippen molar-refractivity contribution >= 4 is 16.6 Å². The normalized spacial score (nSPS) is 10.6. The van der Waals surface area contributed by atoms with Crippen LogP contribution in [0.3, 0.4) is 0 Å². The van der Waals surface area contributed by atoms with Gasteiger partial charge in [-0.25, -0.2) is 0 Å². The van der Waals surface area contributed by atoms with Crippen molar-refractivity contribution in [2.24, 2.45) is 0 Å². The Kier molecular flexibility index (Phi) is 3.95. The maximum absolute atomic E-state index is 11.3. The van der Waals surface area contributed by atoms with Gasteiger partial charge in [-0.3, -0.25) is 4.79 Å². The number of hydrogen-bond donors (Lipinski definition) is 1. The Labute approximate surface area is 106 Å². The summed E-state index contributed by atoms with van der Waals surface area (Å²) in [6.07, 6.45) is 0.626. The predicted molar refractivity (Wildman–Crippen MR) is 71.2 cm³/mol. The number of Topliss-reactive ketones (excluding diaryl/α,β-unsaturated/α-hetero) is 1. The maximum Gasteiger partial charge on any atom is 0.159 e. The zero-order valence-electron chi connectivity index (χ0n) is 10.3. The highest BCUT2D eigenvalue weighted by Crippen LogP contribution is 2.22. The zero-order chi connectivity index (χ0) is 13.0. The van der Waals surface area contributed by atoms with Gasteiger partial charge in [-0.15, -0.1) is 0 Å². The van der Waals surface area contributed by atoms with Gasteiger partial charge in [0, 0.05) is 18.6 Å². The van der Waals surface area contributed by atoms with E-state index in [2.05, 4.69) is 0 Å². The van der Waals surface area contributed by atoms with E-state index in [0.29, 0.717) is 13.0 Å². The first-order valence-corrected chi connectivity index (χ1v) is 5.99. The molecule has 2 rings (SSSR count). The Morgan fingerprint density at radius 1 is 1.17 bits per heavy atom. The van der Waals surface area contributed by atoms with Crippen LogP contribution in [0.4, 0.5) is 0 Å². The molecule has 1 N–H and O–H groups in total. The van der Waals surface area contributed by atoms with Gasteiger partial charge >= 0.3 is 0 Å². The van der Waals surface area contributed by atoms with Crippen molar-refractivity contribution in [3.05, 3.63) is 42.0 Å². The lowest BCUT2D eigenvalue weighted by Gasteiger charge is -2.07. The third-order valence-corrected chi connectivity index (χ3v) is 2.79. The summed E-state index contributed by atoms with van der Waals surface area (Å²) in [5, 5.41) is 10.8. The highest BCUT2D eigenvalue weighted by Gasteiger charge is 2.02. The molecule has 2 aromatic carbocycles. The quantitative estimate of drug-likeness (QED) is 0.650. The van der Waals surface area contributed by atoms with Crippen molar-refractivity contribution in [1.82, 2.24) is 0 Å². The van der Waals surface area contributed by atoms with Gasteiger partial charge in [-0.1, -0.05) is 18.2 Å². The highest BCUT2D eigenvalue weighted by atomic mass is 16.5. The number of hydrogen-bond acceptors (Lipinski definition) is 3. The van der Waals surface area contributed by atoms with E-state index in [1.807, 2.05) is 36.4 Å². The topological polar surface area (TPSA) is 46.5 Å². The molecule has 0 aliphatic rings. The summed E-state index contributed by atoms with van der Waals surface area (Å²) >= 11 is 0. The zero-order valence-corrected chi connectivity index (χ0v) is 10.3. The van der Waals surface area contributed by atoms with E-state index in [0.717, 1.165) is 22.1 Å². The summed E-state index contributed by atoms with van der Waals surface area (Å²) in [4.78, 5) is 11.3. The van der Waals surface area contributed by atoms with E-state index in [1.54, 1.807) is 6.92 Å². The molecule has 0 fully saturated rings. The summed E-state index contributed by atoms with van der Waals surface area (Å²) in [7, 11) is 0. The van der Waals surface area contributed by atoms with E-state index < -0.39 is 0 Å². The van der Waals surface area contributed by atoms with Crippen LogP contribution in [0, 0.1) is 0 Å². The Balaban J connectivity index is 2.24. The summed E-state index contributed by atoms with van der Waals surface area (Å²) in [5.41, 5.74) is 0.719. The molecule has 2 aromatic rings. The fourth-order valence-corrected chi connectivity index (χ4v) is 1.79. The van der Waals surface area contributed by atoms with E-state index in [-0.39, 0.29) is 12.4 Å². The van der Waals surface area contributed by atoms with Crippen molar-refractivity contribution in [2.75, 3.05) is 13.2 Å². The van der Waals surface area contributed by atoms with Crippen LogP contribution in [0.25, 0.3) is 10.8 Å². The second-order valence-electron chi connectivity index (χ2n) is 4.21. The molecule has 0 atom stereocenters. The lowest BCUT2D eigenvalue weighted by molar-refractivity contribution is 0.101. The monoisotopic (exact) mass is 244 g/mol. The molecule has 18 heavy (non-hydrogen) atoms. The van der Waals surface area contributed by atoms with Crippen LogP contribution in [0.1, 0.15) is 23.7 Å². The van der Waals surface area contributed by atoms with Gasteiger partial charge < -0.3 is 9.84 Å². The molecule has 3 heteroatoms. The second-order valence-corrected chi connectivity index (χ2v) is 4.21. The first-order chi connectivity index (χ1) is 8.70. The summed E-state index contributed by atoms with van der Waals surface area (Å²) in [6.45, 7) is 2.20. The van der Waals surface area contributed by atoms with Gasteiger partial charge in [0.25, 0.3) is 0 Å². The van der Waals surface area contributed by atoms with Crippen LogP contribution in [-0.2, 0) is 0 Å². The highest BCUT2D eigenvalue weighted by molar-refractivity contribution is 5.98. The van der Waals surface area contributed by atoms with Crippen molar-refractivity contribution in [2.45, 2.75) is 13.3 Å². The molecule has 0 aliphatic heterocycles. The number of fused-ring (bicyclic) bond motifs is 1. The standard InChI is InChI=1S/C15H16O3/c1-11(17)12-3-4-14-10-15(18-8-2-7-16)6-5-13(14)9-12/h3-6,9-10,16H,2,7-8H2,1H3. The van der Waals surface area contributed by atoms with Crippen LogP contribution < -0.4 is 4.74 Å². The molecule has 0 spiro atoms. The first-order valence-electron chi connectivity index (χ1n) is 5.99. The number of aliphatic hydroxyl groups excluding tert-OH is 1. The number of carbonyl (C=O) groups excluding carboxylic acids is 1. The van der Waals surface area contributed by atoms with Crippen molar-refractivity contribution in [3.8, 4) is 5.75 Å². The minimum absolute atomic E-state index is 0.0696. The molecule has 0 bridgehead atoms. The van der Waals surface area contributed by atoms with Crippen LogP contribution in [0.15, 0.2) is 36.4 Å². The smallest absolute Gasteiger partial charge is 0.159 e. The second kappa shape index (κ2) is 5.65. The SMILES string of the molecule is CC(=O)c1ccc2cc(OCCCO)ccc2c1. The molecule has 0 radical (unpaired) electrons. The number of ether oxygens (including phenoxy) is 1. The first kappa shape index (κ1) is 12.6. The molecule has 0 aromatic heterocycles. The Bertz CT molecular complexity index is 561. The number of ketones is 1. The van der Waals surface area contributed by atoms with Crippen LogP contribution in [0.2, 0.25) is 0 Å². The molecular formula is C15H16O3. The molecule has 0 saturated carbocycles. The number of rotatable bonds is 5. The van der Waals surface area contributed by atoms with Crippen LogP contribution in [0.5, 0.6) is 5.75 Å². The average Bonchev–Trinajstić information content (AvgIpc) is 2.38. The largest absolute Gasteiger partial charge is 0.493 e. The van der Waals surface area contributed by atoms with Gasteiger partial charge in [0.1, 0.15) is 5.75 Å². The summed E-state index contributed by atoms with van der Waals surface area (Å²) < 4.78 is 5.51. The summed E-state index contributed by atoms with van der Waals surface area (Å²) in [6, 6.07) is 11.4. The molecule has 94 valence electrons. The average molecular weight is 244 g/mol. The van der Waals surface area contributed by atoms with Crippen molar-refractivity contribution in [3.63, 3.8) is 0 Å². The third-order valence-electron chi connectivity index (χ3n) is 2.79. The van der Waals surface area contributed by atoms with E-state index >= 15 is 0 Å². The minimum Gasteiger partial charge on any atom is -0.493 e. The van der Waals surface area contributed by atoms with Crippen molar-refractivity contribution < 1.29 is 14.6 Å². The predicted octanol–water partition coefficient (Wildman–Crippen LogP) is 2.80. The van der Waals surface area contributed by atoms with Crippen LogP contribution in [-0.4, -0.2) is 24.1 Å². The van der Waals surface area contributed by atoms with Gasteiger partial charge in [0.2, 0.25) is 0 Å². The Hall–Kier alpha value is -1.87. The number of benzene rings is 2. The molecule has 0 saturated heterocycles. The lowest BCUT2D eigenvalue weighted by atomic mass is 10.0. The maximum atomic E-state index is 11.3. The number of aliphatic hydroxyl groups is 1. The Morgan fingerprint density at radius 3 is 2.61 bits per heavy atom. The lowest BCUT2D eigenvalue weighted by Crippen LogP contribution is -1.99. The van der Waals surface area contributed by atoms with Gasteiger partial charge in [0.15, 0.2) is 5.78 Å². The molecule has 0 amide bonds.